The number of hydrogen-bond donors (Lipinski definition) is 2. The highest BCUT2D eigenvalue weighted by molar-refractivity contribution is 5.92. The van der Waals surface area contributed by atoms with E-state index >= 15 is 0 Å². The highest BCUT2D eigenvalue weighted by Gasteiger charge is 2.29. The van der Waals surface area contributed by atoms with E-state index in [2.05, 4.69) is 0 Å². The van der Waals surface area contributed by atoms with Crippen LogP contribution in [0.25, 0.3) is 0 Å². The van der Waals surface area contributed by atoms with Gasteiger partial charge >= 0.3 is 0 Å². The lowest BCUT2D eigenvalue weighted by atomic mass is 10.0. The molecule has 4 nitrogen and oxygen atoms in total. The zero-order valence-electron chi connectivity index (χ0n) is 9.82. The Labute approximate surface area is 101 Å². The summed E-state index contributed by atoms with van der Waals surface area (Å²) in [4.78, 5) is 10.9. The number of amides is 1. The minimum Gasteiger partial charge on any atom is -0.492 e. The molecule has 1 amide bonds. The SMILES string of the molecule is NC(=O)c1ccc(OCC2(N)CCCC2)cc1. The molecule has 4 heteroatoms. The summed E-state index contributed by atoms with van der Waals surface area (Å²) in [5, 5.41) is 0. The van der Waals surface area contributed by atoms with Gasteiger partial charge in [0.1, 0.15) is 12.4 Å². The Hall–Kier alpha value is -1.55. The van der Waals surface area contributed by atoms with Gasteiger partial charge in [-0.2, -0.15) is 0 Å². The van der Waals surface area contributed by atoms with Crippen LogP contribution >= 0.6 is 0 Å². The van der Waals surface area contributed by atoms with Crippen molar-refractivity contribution in [2.24, 2.45) is 11.5 Å². The second-order valence-corrected chi connectivity index (χ2v) is 4.75. The fourth-order valence-corrected chi connectivity index (χ4v) is 2.17. The lowest BCUT2D eigenvalue weighted by molar-refractivity contribution is 0.1000. The number of nitrogens with two attached hydrogens (primary N) is 2. The van der Waals surface area contributed by atoms with E-state index in [9.17, 15) is 4.79 Å². The number of rotatable bonds is 4. The largest absolute Gasteiger partial charge is 0.492 e. The molecule has 1 aliphatic rings. The zero-order chi connectivity index (χ0) is 12.3. The first kappa shape index (κ1) is 11.9. The maximum Gasteiger partial charge on any atom is 0.248 e. The van der Waals surface area contributed by atoms with Crippen LogP contribution in [0.3, 0.4) is 0 Å². The van der Waals surface area contributed by atoms with E-state index < -0.39 is 5.91 Å². The molecule has 0 unspecified atom stereocenters. The summed E-state index contributed by atoms with van der Waals surface area (Å²) in [6, 6.07) is 6.82. The maximum atomic E-state index is 10.9. The molecular weight excluding hydrogens is 216 g/mol. The molecule has 1 fully saturated rings. The molecule has 0 spiro atoms. The number of carbonyl (C=O) groups excluding carboxylic acids is 1. The summed E-state index contributed by atoms with van der Waals surface area (Å²) in [6.45, 7) is 0.531. The van der Waals surface area contributed by atoms with Gasteiger partial charge < -0.3 is 16.2 Å². The first-order valence-corrected chi connectivity index (χ1v) is 5.91. The van der Waals surface area contributed by atoms with Gasteiger partial charge in [0.05, 0.1) is 5.54 Å². The Morgan fingerprint density at radius 3 is 2.35 bits per heavy atom. The third kappa shape index (κ3) is 2.97. The van der Waals surface area contributed by atoms with E-state index in [1.165, 1.54) is 12.8 Å². The van der Waals surface area contributed by atoms with Crippen molar-refractivity contribution in [1.82, 2.24) is 0 Å². The molecule has 1 aromatic rings. The lowest BCUT2D eigenvalue weighted by Gasteiger charge is -2.23. The molecule has 1 saturated carbocycles. The Balaban J connectivity index is 1.93. The monoisotopic (exact) mass is 234 g/mol. The summed E-state index contributed by atoms with van der Waals surface area (Å²) in [7, 11) is 0. The third-order valence-corrected chi connectivity index (χ3v) is 3.26. The summed E-state index contributed by atoms with van der Waals surface area (Å²) in [6.07, 6.45) is 4.40. The van der Waals surface area contributed by atoms with Crippen LogP contribution in [0.15, 0.2) is 24.3 Å². The van der Waals surface area contributed by atoms with Crippen LogP contribution in [0.5, 0.6) is 5.75 Å². The lowest BCUT2D eigenvalue weighted by Crippen LogP contribution is -2.42. The van der Waals surface area contributed by atoms with E-state index in [0.717, 1.165) is 18.6 Å². The molecule has 17 heavy (non-hydrogen) atoms. The standard InChI is InChI=1S/C13H18N2O2/c14-12(16)10-3-5-11(6-4-10)17-9-13(15)7-1-2-8-13/h3-6H,1-2,7-9,15H2,(H2,14,16). The molecule has 0 atom stereocenters. The minimum atomic E-state index is -0.428. The topological polar surface area (TPSA) is 78.3 Å². The van der Waals surface area contributed by atoms with Crippen LogP contribution in [0, 0.1) is 0 Å². The Bertz CT molecular complexity index is 394. The van der Waals surface area contributed by atoms with Crippen molar-refractivity contribution in [3.05, 3.63) is 29.8 Å². The van der Waals surface area contributed by atoms with Gasteiger partial charge in [-0.25, -0.2) is 0 Å². The minimum absolute atomic E-state index is 0.178. The number of primary amides is 1. The third-order valence-electron chi connectivity index (χ3n) is 3.26. The molecule has 0 radical (unpaired) electrons. The molecule has 0 heterocycles. The highest BCUT2D eigenvalue weighted by atomic mass is 16.5. The van der Waals surface area contributed by atoms with E-state index in [1.807, 2.05) is 0 Å². The van der Waals surface area contributed by atoms with Crippen LogP contribution < -0.4 is 16.2 Å². The first-order valence-electron chi connectivity index (χ1n) is 5.91. The van der Waals surface area contributed by atoms with Crippen LogP contribution in [0.1, 0.15) is 36.0 Å². The van der Waals surface area contributed by atoms with Crippen molar-refractivity contribution < 1.29 is 9.53 Å². The fourth-order valence-electron chi connectivity index (χ4n) is 2.17. The molecule has 1 aromatic carbocycles. The molecular formula is C13H18N2O2. The molecule has 0 bridgehead atoms. The normalized spacial score (nSPS) is 17.9. The summed E-state index contributed by atoms with van der Waals surface area (Å²) < 4.78 is 5.65. The quantitative estimate of drug-likeness (QED) is 0.827. The second kappa shape index (κ2) is 4.75. The second-order valence-electron chi connectivity index (χ2n) is 4.75. The van der Waals surface area contributed by atoms with Gasteiger partial charge in [-0.05, 0) is 37.1 Å². The van der Waals surface area contributed by atoms with Gasteiger partial charge in [-0.1, -0.05) is 12.8 Å². The predicted molar refractivity (Wildman–Crippen MR) is 65.8 cm³/mol. The Morgan fingerprint density at radius 2 is 1.82 bits per heavy atom. The van der Waals surface area contributed by atoms with Gasteiger partial charge in [-0.15, -0.1) is 0 Å². The molecule has 92 valence electrons. The van der Waals surface area contributed by atoms with E-state index in [-0.39, 0.29) is 5.54 Å². The van der Waals surface area contributed by atoms with Gasteiger partial charge in [0.15, 0.2) is 0 Å². The Kier molecular flexibility index (Phi) is 3.33. The molecule has 0 saturated heterocycles. The van der Waals surface area contributed by atoms with E-state index in [0.29, 0.717) is 12.2 Å². The van der Waals surface area contributed by atoms with Crippen molar-refractivity contribution >= 4 is 5.91 Å². The van der Waals surface area contributed by atoms with E-state index in [1.54, 1.807) is 24.3 Å². The molecule has 0 aromatic heterocycles. The van der Waals surface area contributed by atoms with Gasteiger partial charge in [-0.3, -0.25) is 4.79 Å². The maximum absolute atomic E-state index is 10.9. The average molecular weight is 234 g/mol. The number of ether oxygens (including phenoxy) is 1. The summed E-state index contributed by atoms with van der Waals surface area (Å²) in [5.41, 5.74) is 11.7. The van der Waals surface area contributed by atoms with Crippen molar-refractivity contribution in [3.63, 3.8) is 0 Å². The van der Waals surface area contributed by atoms with E-state index in [4.69, 9.17) is 16.2 Å². The number of carbonyl (C=O) groups is 1. The van der Waals surface area contributed by atoms with Crippen LogP contribution in [-0.2, 0) is 0 Å². The fraction of sp³-hybridized carbons (Fsp3) is 0.462. The number of benzene rings is 1. The van der Waals surface area contributed by atoms with Gasteiger partial charge in [0.2, 0.25) is 5.91 Å². The van der Waals surface area contributed by atoms with Crippen molar-refractivity contribution in [3.8, 4) is 5.75 Å². The van der Waals surface area contributed by atoms with Crippen molar-refractivity contribution in [1.29, 1.82) is 0 Å². The summed E-state index contributed by atoms with van der Waals surface area (Å²) in [5.74, 6) is 0.300. The average Bonchev–Trinajstić information content (AvgIpc) is 2.75. The molecule has 1 aliphatic carbocycles. The van der Waals surface area contributed by atoms with Crippen LogP contribution in [0.2, 0.25) is 0 Å². The number of hydrogen-bond acceptors (Lipinski definition) is 3. The summed E-state index contributed by atoms with van der Waals surface area (Å²) >= 11 is 0. The van der Waals surface area contributed by atoms with Gasteiger partial charge in [0, 0.05) is 5.56 Å². The van der Waals surface area contributed by atoms with Crippen molar-refractivity contribution in [2.75, 3.05) is 6.61 Å². The highest BCUT2D eigenvalue weighted by Crippen LogP contribution is 2.27. The first-order chi connectivity index (χ1) is 8.09. The predicted octanol–water partition coefficient (Wildman–Crippen LogP) is 1.44. The van der Waals surface area contributed by atoms with Crippen LogP contribution in [0.4, 0.5) is 0 Å². The molecule has 4 N–H and O–H groups in total. The van der Waals surface area contributed by atoms with Crippen LogP contribution in [-0.4, -0.2) is 18.1 Å². The zero-order valence-corrected chi connectivity index (χ0v) is 9.82. The molecule has 0 aliphatic heterocycles. The molecule has 2 rings (SSSR count). The Morgan fingerprint density at radius 1 is 1.24 bits per heavy atom. The van der Waals surface area contributed by atoms with Gasteiger partial charge in [0.25, 0.3) is 0 Å². The van der Waals surface area contributed by atoms with Crippen molar-refractivity contribution in [2.45, 2.75) is 31.2 Å². The smallest absolute Gasteiger partial charge is 0.248 e.